The molecule has 0 amide bonds. The van der Waals surface area contributed by atoms with Crippen molar-refractivity contribution in [3.63, 3.8) is 0 Å². The van der Waals surface area contributed by atoms with Gasteiger partial charge in [0.15, 0.2) is 0 Å². The third-order valence-electron chi connectivity index (χ3n) is 5.54. The van der Waals surface area contributed by atoms with E-state index in [1.54, 1.807) is 38.2 Å². The molecule has 32 heavy (non-hydrogen) atoms. The van der Waals surface area contributed by atoms with E-state index in [1.165, 1.54) is 6.07 Å². The molecule has 1 heterocycles. The summed E-state index contributed by atoms with van der Waals surface area (Å²) in [4.78, 5) is 4.41. The molecule has 4 rings (SSSR count). The summed E-state index contributed by atoms with van der Waals surface area (Å²) >= 11 is 13.1. The maximum absolute atomic E-state index is 14.3. The van der Waals surface area contributed by atoms with Gasteiger partial charge in [0.25, 0.3) is 0 Å². The van der Waals surface area contributed by atoms with Gasteiger partial charge in [0.1, 0.15) is 5.82 Å². The largest absolute Gasteiger partial charge is 0.386 e. The molecule has 1 atom stereocenters. The van der Waals surface area contributed by atoms with Crippen molar-refractivity contribution < 1.29 is 9.50 Å². The van der Waals surface area contributed by atoms with Crippen LogP contribution in [0.15, 0.2) is 66.9 Å². The van der Waals surface area contributed by atoms with Crippen LogP contribution in [0.4, 0.5) is 10.1 Å². The Morgan fingerprint density at radius 2 is 1.66 bits per heavy atom. The molecule has 2 N–H and O–H groups in total. The molecule has 3 nitrogen and oxygen atoms in total. The van der Waals surface area contributed by atoms with E-state index in [-0.39, 0.29) is 11.9 Å². The quantitative estimate of drug-likeness (QED) is 0.314. The topological polar surface area (TPSA) is 45.2 Å². The summed E-state index contributed by atoms with van der Waals surface area (Å²) in [5.41, 5.74) is 3.51. The average molecular weight is 469 g/mol. The van der Waals surface area contributed by atoms with Gasteiger partial charge in [0.05, 0.1) is 32.9 Å². The van der Waals surface area contributed by atoms with E-state index >= 15 is 0 Å². The first kappa shape index (κ1) is 22.5. The van der Waals surface area contributed by atoms with Gasteiger partial charge in [0, 0.05) is 17.1 Å². The fourth-order valence-electron chi connectivity index (χ4n) is 3.74. The number of aromatic nitrogens is 1. The van der Waals surface area contributed by atoms with E-state index in [0.717, 1.165) is 22.1 Å². The Balaban J connectivity index is 1.80. The highest BCUT2D eigenvalue weighted by molar-refractivity contribution is 6.38. The van der Waals surface area contributed by atoms with Gasteiger partial charge in [-0.25, -0.2) is 4.39 Å². The summed E-state index contributed by atoms with van der Waals surface area (Å²) in [6.45, 7) is 5.37. The molecule has 1 aromatic heterocycles. The Kier molecular flexibility index (Phi) is 6.13. The summed E-state index contributed by atoms with van der Waals surface area (Å²) in [6.07, 6.45) is 1.55. The SMILES string of the molecule is CC(Nc1c(Cl)cnc2c(Cl)cc(-c3ccc(C(C)(C)O)cc3)cc12)c1ccccc1F. The Morgan fingerprint density at radius 3 is 2.31 bits per heavy atom. The smallest absolute Gasteiger partial charge is 0.128 e. The van der Waals surface area contributed by atoms with Gasteiger partial charge in [-0.1, -0.05) is 65.7 Å². The molecule has 4 aromatic rings. The van der Waals surface area contributed by atoms with E-state index < -0.39 is 5.60 Å². The zero-order valence-electron chi connectivity index (χ0n) is 18.0. The van der Waals surface area contributed by atoms with Crippen molar-refractivity contribution in [2.75, 3.05) is 5.32 Å². The fourth-order valence-corrected chi connectivity index (χ4v) is 4.21. The number of aliphatic hydroxyl groups is 1. The molecule has 1 unspecified atom stereocenters. The third kappa shape index (κ3) is 4.44. The zero-order valence-corrected chi connectivity index (χ0v) is 19.5. The highest BCUT2D eigenvalue weighted by Gasteiger charge is 2.18. The van der Waals surface area contributed by atoms with E-state index in [9.17, 15) is 9.50 Å². The summed E-state index contributed by atoms with van der Waals surface area (Å²) < 4.78 is 14.3. The Bertz CT molecular complexity index is 1280. The van der Waals surface area contributed by atoms with Crippen molar-refractivity contribution in [2.24, 2.45) is 0 Å². The molecule has 0 fully saturated rings. The molecule has 0 aliphatic rings. The maximum atomic E-state index is 14.3. The number of hydrogen-bond acceptors (Lipinski definition) is 3. The number of anilines is 1. The first-order valence-corrected chi connectivity index (χ1v) is 11.0. The van der Waals surface area contributed by atoms with Crippen LogP contribution >= 0.6 is 23.2 Å². The predicted molar refractivity (Wildman–Crippen MR) is 131 cm³/mol. The normalized spacial score (nSPS) is 12.7. The Labute approximate surface area is 196 Å². The molecule has 0 aliphatic carbocycles. The highest BCUT2D eigenvalue weighted by Crippen LogP contribution is 2.38. The lowest BCUT2D eigenvalue weighted by molar-refractivity contribution is 0.0786. The van der Waals surface area contributed by atoms with E-state index in [4.69, 9.17) is 23.2 Å². The van der Waals surface area contributed by atoms with E-state index in [0.29, 0.717) is 26.8 Å². The van der Waals surface area contributed by atoms with Crippen molar-refractivity contribution in [1.29, 1.82) is 0 Å². The molecule has 0 aliphatic heterocycles. The van der Waals surface area contributed by atoms with E-state index in [2.05, 4.69) is 10.3 Å². The van der Waals surface area contributed by atoms with Crippen LogP contribution in [0.3, 0.4) is 0 Å². The van der Waals surface area contributed by atoms with Crippen LogP contribution in [0.5, 0.6) is 0 Å². The average Bonchev–Trinajstić information content (AvgIpc) is 2.75. The lowest BCUT2D eigenvalue weighted by Crippen LogP contribution is -2.14. The number of fused-ring (bicyclic) bond motifs is 1. The fraction of sp³-hybridized carbons (Fsp3) is 0.192. The van der Waals surface area contributed by atoms with Crippen molar-refractivity contribution >= 4 is 39.8 Å². The summed E-state index contributed by atoms with van der Waals surface area (Å²) in [6, 6.07) is 17.8. The van der Waals surface area contributed by atoms with Crippen molar-refractivity contribution in [1.82, 2.24) is 4.98 Å². The molecular formula is C26H23Cl2FN2O. The molecule has 0 radical (unpaired) electrons. The van der Waals surface area contributed by atoms with Crippen LogP contribution in [0, 0.1) is 5.82 Å². The van der Waals surface area contributed by atoms with Crippen molar-refractivity contribution in [3.8, 4) is 11.1 Å². The molecule has 3 aromatic carbocycles. The van der Waals surface area contributed by atoms with Crippen LogP contribution in [0.2, 0.25) is 10.0 Å². The summed E-state index contributed by atoms with van der Waals surface area (Å²) in [5, 5.41) is 15.2. The molecule has 6 heteroatoms. The van der Waals surface area contributed by atoms with E-state index in [1.807, 2.05) is 43.3 Å². The second-order valence-electron chi connectivity index (χ2n) is 8.36. The van der Waals surface area contributed by atoms with Crippen LogP contribution in [-0.2, 0) is 5.60 Å². The third-order valence-corrected chi connectivity index (χ3v) is 6.11. The lowest BCUT2D eigenvalue weighted by atomic mass is 9.95. The minimum absolute atomic E-state index is 0.285. The van der Waals surface area contributed by atoms with Gasteiger partial charge in [-0.05, 0) is 55.7 Å². The maximum Gasteiger partial charge on any atom is 0.128 e. The predicted octanol–water partition coefficient (Wildman–Crippen LogP) is 7.75. The number of halogens is 3. The first-order chi connectivity index (χ1) is 15.1. The number of pyridine rings is 1. The Hall–Kier alpha value is -2.66. The number of rotatable bonds is 5. The van der Waals surface area contributed by atoms with Crippen LogP contribution in [0.1, 0.15) is 37.9 Å². The number of hydrogen-bond donors (Lipinski definition) is 2. The first-order valence-electron chi connectivity index (χ1n) is 10.3. The van der Waals surface area contributed by atoms with Gasteiger partial charge in [-0.15, -0.1) is 0 Å². The van der Waals surface area contributed by atoms with Crippen LogP contribution in [0.25, 0.3) is 22.0 Å². The summed E-state index contributed by atoms with van der Waals surface area (Å²) in [7, 11) is 0. The van der Waals surface area contributed by atoms with Crippen LogP contribution < -0.4 is 5.32 Å². The highest BCUT2D eigenvalue weighted by atomic mass is 35.5. The van der Waals surface area contributed by atoms with Gasteiger partial charge < -0.3 is 10.4 Å². The Morgan fingerprint density at radius 1 is 0.969 bits per heavy atom. The second kappa shape index (κ2) is 8.70. The molecule has 0 saturated heterocycles. The molecule has 0 bridgehead atoms. The number of benzene rings is 3. The zero-order chi connectivity index (χ0) is 23.0. The second-order valence-corrected chi connectivity index (χ2v) is 9.17. The molecular weight excluding hydrogens is 446 g/mol. The molecule has 0 spiro atoms. The van der Waals surface area contributed by atoms with Crippen LogP contribution in [-0.4, -0.2) is 10.1 Å². The monoisotopic (exact) mass is 468 g/mol. The van der Waals surface area contributed by atoms with Crippen molar-refractivity contribution in [3.05, 3.63) is 93.8 Å². The minimum Gasteiger partial charge on any atom is -0.386 e. The van der Waals surface area contributed by atoms with Crippen molar-refractivity contribution in [2.45, 2.75) is 32.4 Å². The van der Waals surface area contributed by atoms with Gasteiger partial charge >= 0.3 is 0 Å². The number of nitrogens with zero attached hydrogens (tertiary/aromatic N) is 1. The van der Waals surface area contributed by atoms with Gasteiger partial charge in [-0.3, -0.25) is 4.98 Å². The molecule has 0 saturated carbocycles. The summed E-state index contributed by atoms with van der Waals surface area (Å²) in [5.74, 6) is -0.285. The molecule has 164 valence electrons. The van der Waals surface area contributed by atoms with Gasteiger partial charge in [-0.2, -0.15) is 0 Å². The standard InChI is InChI=1S/C26H23Cl2FN2O/c1-15(19-6-4-5-7-23(19)29)31-25-20-12-17(13-21(27)24(20)30-14-22(25)28)16-8-10-18(11-9-16)26(2,3)32/h4-15,32H,1-3H3,(H,30,31). The lowest BCUT2D eigenvalue weighted by Gasteiger charge is -2.20. The van der Waals surface area contributed by atoms with Gasteiger partial charge in [0.2, 0.25) is 0 Å². The number of nitrogens with one attached hydrogen (secondary N) is 1. The minimum atomic E-state index is -0.920.